The van der Waals surface area contributed by atoms with Crippen LogP contribution in [0.2, 0.25) is 0 Å². The molecule has 1 heterocycles. The predicted octanol–water partition coefficient (Wildman–Crippen LogP) is 2.85. The minimum atomic E-state index is 0.317. The average Bonchev–Trinajstić information content (AvgIpc) is 2.30. The van der Waals surface area contributed by atoms with E-state index in [4.69, 9.17) is 4.74 Å². The molecule has 1 aliphatic rings. The van der Waals surface area contributed by atoms with Crippen molar-refractivity contribution in [2.45, 2.75) is 53.8 Å². The molecule has 11 heavy (non-hydrogen) atoms. The minimum Gasteiger partial charge on any atom is -0.368 e. The fraction of sp³-hybridized carbons (Fsp3) is 1.00. The molecule has 1 rings (SSSR count). The molecule has 2 unspecified atom stereocenters. The fourth-order valence-electron chi connectivity index (χ4n) is 1.43. The molecule has 0 radical (unpaired) electrons. The van der Waals surface area contributed by atoms with Crippen LogP contribution in [0.1, 0.15) is 41.5 Å². The van der Waals surface area contributed by atoms with Crippen molar-refractivity contribution in [2.24, 2.45) is 10.8 Å². The third kappa shape index (κ3) is 1.96. The van der Waals surface area contributed by atoms with Crippen molar-refractivity contribution in [3.63, 3.8) is 0 Å². The molecule has 1 fully saturated rings. The highest BCUT2D eigenvalue weighted by Crippen LogP contribution is 2.46. The van der Waals surface area contributed by atoms with Gasteiger partial charge < -0.3 is 4.74 Å². The van der Waals surface area contributed by atoms with Gasteiger partial charge in [0.05, 0.1) is 12.2 Å². The second kappa shape index (κ2) is 2.22. The highest BCUT2D eigenvalue weighted by atomic mass is 16.6. The van der Waals surface area contributed by atoms with Gasteiger partial charge in [0.2, 0.25) is 0 Å². The van der Waals surface area contributed by atoms with Crippen molar-refractivity contribution in [1.29, 1.82) is 0 Å². The quantitative estimate of drug-likeness (QED) is 0.491. The molecule has 1 nitrogen and oxygen atoms in total. The third-order valence-corrected chi connectivity index (χ3v) is 2.20. The molecule has 0 spiro atoms. The second-order valence-corrected chi connectivity index (χ2v) is 5.71. The van der Waals surface area contributed by atoms with Gasteiger partial charge in [-0.2, -0.15) is 0 Å². The molecule has 0 aromatic rings. The zero-order valence-corrected chi connectivity index (χ0v) is 8.56. The second-order valence-electron chi connectivity index (χ2n) is 5.71. The summed E-state index contributed by atoms with van der Waals surface area (Å²) in [5.41, 5.74) is 0.635. The minimum absolute atomic E-state index is 0.317. The maximum Gasteiger partial charge on any atom is 0.0895 e. The van der Waals surface area contributed by atoms with Crippen LogP contribution >= 0.6 is 0 Å². The van der Waals surface area contributed by atoms with E-state index in [1.165, 1.54) is 0 Å². The van der Waals surface area contributed by atoms with Crippen LogP contribution in [0, 0.1) is 10.8 Å². The summed E-state index contributed by atoms with van der Waals surface area (Å²) in [7, 11) is 0. The summed E-state index contributed by atoms with van der Waals surface area (Å²) in [6, 6.07) is 0. The Hall–Kier alpha value is -0.0400. The molecule has 1 heteroatoms. The largest absolute Gasteiger partial charge is 0.368 e. The number of epoxide rings is 1. The first kappa shape index (κ1) is 9.05. The smallest absolute Gasteiger partial charge is 0.0895 e. The van der Waals surface area contributed by atoms with Crippen LogP contribution in [-0.2, 0) is 4.74 Å². The van der Waals surface area contributed by atoms with E-state index < -0.39 is 0 Å². The van der Waals surface area contributed by atoms with E-state index in [9.17, 15) is 0 Å². The summed E-state index contributed by atoms with van der Waals surface area (Å²) >= 11 is 0. The summed E-state index contributed by atoms with van der Waals surface area (Å²) in [4.78, 5) is 0. The molecule has 1 saturated heterocycles. The van der Waals surface area contributed by atoms with Gasteiger partial charge in [0.1, 0.15) is 0 Å². The standard InChI is InChI=1S/C10H20O/c1-9(2,3)7-8(11-7)10(4,5)6/h7-8H,1-6H3. The van der Waals surface area contributed by atoms with Crippen molar-refractivity contribution >= 4 is 0 Å². The summed E-state index contributed by atoms with van der Waals surface area (Å²) in [5, 5.41) is 0. The van der Waals surface area contributed by atoms with Crippen LogP contribution in [0.4, 0.5) is 0 Å². The zero-order chi connectivity index (χ0) is 8.86. The Balaban J connectivity index is 2.51. The highest BCUT2D eigenvalue weighted by Gasteiger charge is 2.52. The lowest BCUT2D eigenvalue weighted by molar-refractivity contribution is 0.236. The predicted molar refractivity (Wildman–Crippen MR) is 47.6 cm³/mol. The van der Waals surface area contributed by atoms with Crippen molar-refractivity contribution in [1.82, 2.24) is 0 Å². The van der Waals surface area contributed by atoms with Gasteiger partial charge in [-0.25, -0.2) is 0 Å². The molecule has 0 saturated carbocycles. The number of ether oxygens (including phenoxy) is 1. The van der Waals surface area contributed by atoms with E-state index in [0.717, 1.165) is 0 Å². The maximum atomic E-state index is 5.65. The molecular weight excluding hydrogens is 136 g/mol. The Morgan fingerprint density at radius 2 is 1.00 bits per heavy atom. The topological polar surface area (TPSA) is 12.5 Å². The lowest BCUT2D eigenvalue weighted by atomic mass is 9.81. The van der Waals surface area contributed by atoms with Crippen molar-refractivity contribution in [2.75, 3.05) is 0 Å². The van der Waals surface area contributed by atoms with E-state index in [-0.39, 0.29) is 0 Å². The Labute approximate surface area is 70.1 Å². The van der Waals surface area contributed by atoms with Gasteiger partial charge >= 0.3 is 0 Å². The van der Waals surface area contributed by atoms with Crippen molar-refractivity contribution in [3.8, 4) is 0 Å². The molecule has 0 amide bonds. The molecule has 0 aromatic heterocycles. The monoisotopic (exact) mass is 156 g/mol. The Morgan fingerprint density at radius 1 is 0.727 bits per heavy atom. The van der Waals surface area contributed by atoms with E-state index in [2.05, 4.69) is 41.5 Å². The van der Waals surface area contributed by atoms with Gasteiger partial charge in [0, 0.05) is 0 Å². The third-order valence-electron chi connectivity index (χ3n) is 2.20. The summed E-state index contributed by atoms with van der Waals surface area (Å²) in [6.45, 7) is 13.4. The van der Waals surface area contributed by atoms with E-state index >= 15 is 0 Å². The summed E-state index contributed by atoms with van der Waals surface area (Å²) in [6.07, 6.45) is 0.949. The molecule has 2 atom stereocenters. The molecule has 66 valence electrons. The molecule has 0 bridgehead atoms. The lowest BCUT2D eigenvalue weighted by Crippen LogP contribution is -2.23. The Bertz CT molecular complexity index is 129. The molecule has 1 aliphatic heterocycles. The molecule has 0 N–H and O–H groups in total. The maximum absolute atomic E-state index is 5.65. The Morgan fingerprint density at radius 3 is 1.09 bits per heavy atom. The van der Waals surface area contributed by atoms with Crippen LogP contribution in [0.25, 0.3) is 0 Å². The van der Waals surface area contributed by atoms with Gasteiger partial charge in [-0.15, -0.1) is 0 Å². The highest BCUT2D eigenvalue weighted by molar-refractivity contribution is 4.99. The molecular formula is C10H20O. The first-order valence-electron chi connectivity index (χ1n) is 4.38. The van der Waals surface area contributed by atoms with Gasteiger partial charge in [0.15, 0.2) is 0 Å². The van der Waals surface area contributed by atoms with E-state index in [0.29, 0.717) is 23.0 Å². The normalized spacial score (nSPS) is 32.2. The van der Waals surface area contributed by atoms with Gasteiger partial charge in [-0.3, -0.25) is 0 Å². The molecule has 0 aromatic carbocycles. The zero-order valence-electron chi connectivity index (χ0n) is 8.56. The van der Waals surface area contributed by atoms with E-state index in [1.807, 2.05) is 0 Å². The molecule has 0 aliphatic carbocycles. The van der Waals surface area contributed by atoms with Crippen LogP contribution in [0.3, 0.4) is 0 Å². The fourth-order valence-corrected chi connectivity index (χ4v) is 1.43. The van der Waals surface area contributed by atoms with Crippen LogP contribution in [0.5, 0.6) is 0 Å². The van der Waals surface area contributed by atoms with Crippen molar-refractivity contribution < 1.29 is 4.74 Å². The van der Waals surface area contributed by atoms with Crippen LogP contribution in [0.15, 0.2) is 0 Å². The lowest BCUT2D eigenvalue weighted by Gasteiger charge is -2.19. The van der Waals surface area contributed by atoms with Gasteiger partial charge in [-0.1, -0.05) is 41.5 Å². The van der Waals surface area contributed by atoms with Gasteiger partial charge in [0.25, 0.3) is 0 Å². The Kier molecular flexibility index (Phi) is 1.83. The number of hydrogen-bond donors (Lipinski definition) is 0. The SMILES string of the molecule is CC(C)(C)C1OC1C(C)(C)C. The van der Waals surface area contributed by atoms with Crippen LogP contribution in [-0.4, -0.2) is 12.2 Å². The van der Waals surface area contributed by atoms with E-state index in [1.54, 1.807) is 0 Å². The number of rotatable bonds is 0. The number of hydrogen-bond acceptors (Lipinski definition) is 1. The van der Waals surface area contributed by atoms with Crippen LogP contribution < -0.4 is 0 Å². The summed E-state index contributed by atoms with van der Waals surface area (Å²) in [5.74, 6) is 0. The first-order chi connectivity index (χ1) is 4.73. The average molecular weight is 156 g/mol. The summed E-state index contributed by atoms with van der Waals surface area (Å²) < 4.78 is 5.65. The first-order valence-corrected chi connectivity index (χ1v) is 4.38. The van der Waals surface area contributed by atoms with Crippen molar-refractivity contribution in [3.05, 3.63) is 0 Å². The van der Waals surface area contributed by atoms with Gasteiger partial charge in [-0.05, 0) is 10.8 Å².